The Hall–Kier alpha value is -1.59. The highest BCUT2D eigenvalue weighted by Crippen LogP contribution is 2.36. The van der Waals surface area contributed by atoms with Crippen LogP contribution in [0.3, 0.4) is 0 Å². The third-order valence-corrected chi connectivity index (χ3v) is 4.53. The molecule has 0 aliphatic carbocycles. The number of hydrogen-bond donors (Lipinski definition) is 1. The van der Waals surface area contributed by atoms with Gasteiger partial charge in [0.2, 0.25) is 0 Å². The molecule has 20 heavy (non-hydrogen) atoms. The predicted octanol–water partition coefficient (Wildman–Crippen LogP) is 4.18. The third-order valence-electron chi connectivity index (χ3n) is 3.34. The Labute approximate surface area is 126 Å². The normalized spacial score (nSPS) is 11.2. The summed E-state index contributed by atoms with van der Waals surface area (Å²) in [6, 6.07) is 5.83. The van der Waals surface area contributed by atoms with Gasteiger partial charge >= 0.3 is 0 Å². The van der Waals surface area contributed by atoms with Crippen LogP contribution >= 0.6 is 23.1 Å². The molecule has 1 N–H and O–H groups in total. The molecule has 0 saturated carbocycles. The Morgan fingerprint density at radius 2 is 2.20 bits per heavy atom. The van der Waals surface area contributed by atoms with Gasteiger partial charge in [-0.2, -0.15) is 4.37 Å². The molecule has 0 unspecified atom stereocenters. The highest BCUT2D eigenvalue weighted by atomic mass is 35.5. The van der Waals surface area contributed by atoms with E-state index in [2.05, 4.69) is 21.2 Å². The van der Waals surface area contributed by atoms with Crippen molar-refractivity contribution in [1.82, 2.24) is 13.9 Å². The van der Waals surface area contributed by atoms with Gasteiger partial charge in [-0.15, -0.1) is 0 Å². The van der Waals surface area contributed by atoms with Crippen LogP contribution in [0.25, 0.3) is 22.4 Å². The molecule has 6 heteroatoms. The summed E-state index contributed by atoms with van der Waals surface area (Å²) in [6.45, 7) is 4.98. The topological polar surface area (TPSA) is 42.7 Å². The first-order chi connectivity index (χ1) is 9.65. The van der Waals surface area contributed by atoms with Gasteiger partial charge < -0.3 is 9.88 Å². The molecular formula is C14H15ClN4S. The maximum Gasteiger partial charge on any atom is 0.146 e. The van der Waals surface area contributed by atoms with Crippen LogP contribution in [0.1, 0.15) is 12.6 Å². The summed E-state index contributed by atoms with van der Waals surface area (Å²) >= 11 is 7.53. The van der Waals surface area contributed by atoms with Crippen molar-refractivity contribution in [3.63, 3.8) is 0 Å². The molecular weight excluding hydrogens is 292 g/mol. The average Bonchev–Trinajstić information content (AvgIpc) is 2.97. The van der Waals surface area contributed by atoms with Crippen molar-refractivity contribution in [2.75, 3.05) is 12.4 Å². The zero-order valence-corrected chi connectivity index (χ0v) is 13.1. The van der Waals surface area contributed by atoms with E-state index in [0.717, 1.165) is 39.7 Å². The number of aryl methyl sites for hydroxylation is 2. The second kappa shape index (κ2) is 5.07. The van der Waals surface area contributed by atoms with Gasteiger partial charge in [-0.25, -0.2) is 4.98 Å². The number of fused-ring (bicyclic) bond motifs is 1. The summed E-state index contributed by atoms with van der Waals surface area (Å²) in [5.41, 5.74) is 4.09. The van der Waals surface area contributed by atoms with Crippen LogP contribution in [0.2, 0.25) is 5.02 Å². The van der Waals surface area contributed by atoms with Crippen molar-refractivity contribution >= 4 is 39.2 Å². The number of benzene rings is 1. The molecule has 0 aliphatic rings. The maximum atomic E-state index is 6.07. The van der Waals surface area contributed by atoms with E-state index in [1.807, 2.05) is 32.2 Å². The van der Waals surface area contributed by atoms with E-state index < -0.39 is 0 Å². The van der Waals surface area contributed by atoms with Crippen molar-refractivity contribution in [2.24, 2.45) is 0 Å². The molecule has 0 atom stereocenters. The van der Waals surface area contributed by atoms with Gasteiger partial charge in [0.1, 0.15) is 10.8 Å². The number of aromatic nitrogens is 3. The van der Waals surface area contributed by atoms with Crippen LogP contribution in [-0.2, 0) is 6.54 Å². The maximum absolute atomic E-state index is 6.07. The first-order valence-electron chi connectivity index (χ1n) is 6.46. The van der Waals surface area contributed by atoms with E-state index in [0.29, 0.717) is 5.02 Å². The van der Waals surface area contributed by atoms with E-state index in [1.165, 1.54) is 11.5 Å². The lowest BCUT2D eigenvalue weighted by atomic mass is 10.2. The Morgan fingerprint density at radius 1 is 1.40 bits per heavy atom. The summed E-state index contributed by atoms with van der Waals surface area (Å²) in [4.78, 5) is 4.76. The van der Waals surface area contributed by atoms with Gasteiger partial charge in [0.25, 0.3) is 0 Å². The minimum absolute atomic E-state index is 0.707. The number of rotatable bonds is 3. The fraction of sp³-hybridized carbons (Fsp3) is 0.286. The smallest absolute Gasteiger partial charge is 0.146 e. The van der Waals surface area contributed by atoms with Crippen LogP contribution in [0.5, 0.6) is 0 Å². The quantitative estimate of drug-likeness (QED) is 0.789. The van der Waals surface area contributed by atoms with Gasteiger partial charge in [-0.3, -0.25) is 0 Å². The summed E-state index contributed by atoms with van der Waals surface area (Å²) in [7, 11) is 1.91. The van der Waals surface area contributed by atoms with Crippen molar-refractivity contribution < 1.29 is 0 Å². The number of halogens is 1. The number of hydrogen-bond acceptors (Lipinski definition) is 4. The first kappa shape index (κ1) is 13.4. The van der Waals surface area contributed by atoms with Crippen molar-refractivity contribution in [2.45, 2.75) is 20.4 Å². The monoisotopic (exact) mass is 306 g/mol. The minimum atomic E-state index is 0.707. The molecule has 0 saturated heterocycles. The highest BCUT2D eigenvalue weighted by molar-refractivity contribution is 7.10. The molecule has 0 amide bonds. The standard InChI is InChI=1S/C14H15ClN4S/c1-4-19-11-6-5-9(15)7-10(11)17-13(19)12-8(2)18-20-14(12)16-3/h5-7,16H,4H2,1-3H3. The highest BCUT2D eigenvalue weighted by Gasteiger charge is 2.19. The van der Waals surface area contributed by atoms with Crippen molar-refractivity contribution in [1.29, 1.82) is 0 Å². The van der Waals surface area contributed by atoms with E-state index in [1.54, 1.807) is 0 Å². The van der Waals surface area contributed by atoms with Crippen LogP contribution < -0.4 is 5.32 Å². The number of imidazole rings is 1. The molecule has 0 aliphatic heterocycles. The van der Waals surface area contributed by atoms with E-state index in [9.17, 15) is 0 Å². The van der Waals surface area contributed by atoms with Crippen molar-refractivity contribution in [3.05, 3.63) is 28.9 Å². The number of nitrogens with one attached hydrogen (secondary N) is 1. The van der Waals surface area contributed by atoms with Crippen molar-refractivity contribution in [3.8, 4) is 11.4 Å². The summed E-state index contributed by atoms with van der Waals surface area (Å²) < 4.78 is 6.62. The Bertz CT molecular complexity index is 775. The predicted molar refractivity (Wildman–Crippen MR) is 85.8 cm³/mol. The molecule has 0 radical (unpaired) electrons. The average molecular weight is 307 g/mol. The fourth-order valence-electron chi connectivity index (χ4n) is 2.42. The zero-order valence-electron chi connectivity index (χ0n) is 11.6. The second-order valence-corrected chi connectivity index (χ2v) is 5.74. The van der Waals surface area contributed by atoms with Gasteiger partial charge in [0, 0.05) is 18.6 Å². The molecule has 4 nitrogen and oxygen atoms in total. The summed E-state index contributed by atoms with van der Waals surface area (Å²) in [5, 5.41) is 4.95. The molecule has 2 aromatic heterocycles. The largest absolute Gasteiger partial charge is 0.378 e. The Morgan fingerprint density at radius 3 is 2.90 bits per heavy atom. The van der Waals surface area contributed by atoms with E-state index in [-0.39, 0.29) is 0 Å². The number of anilines is 1. The lowest BCUT2D eigenvalue weighted by Crippen LogP contribution is -1.99. The molecule has 3 aromatic rings. The first-order valence-corrected chi connectivity index (χ1v) is 7.61. The molecule has 104 valence electrons. The lowest BCUT2D eigenvalue weighted by Gasteiger charge is -2.07. The molecule has 2 heterocycles. The lowest BCUT2D eigenvalue weighted by molar-refractivity contribution is 0.796. The molecule has 3 rings (SSSR count). The minimum Gasteiger partial charge on any atom is -0.378 e. The van der Waals surface area contributed by atoms with E-state index >= 15 is 0 Å². The molecule has 0 fully saturated rings. The third kappa shape index (κ3) is 1.98. The van der Waals surface area contributed by atoms with Crippen LogP contribution in [-0.4, -0.2) is 21.0 Å². The van der Waals surface area contributed by atoms with Gasteiger partial charge in [0.15, 0.2) is 0 Å². The Kier molecular flexibility index (Phi) is 3.40. The summed E-state index contributed by atoms with van der Waals surface area (Å²) in [6.07, 6.45) is 0. The molecule has 1 aromatic carbocycles. The van der Waals surface area contributed by atoms with Crippen LogP contribution in [0, 0.1) is 6.92 Å². The van der Waals surface area contributed by atoms with Gasteiger partial charge in [0.05, 0.1) is 22.3 Å². The van der Waals surface area contributed by atoms with Crippen LogP contribution in [0.4, 0.5) is 5.00 Å². The van der Waals surface area contributed by atoms with E-state index in [4.69, 9.17) is 16.6 Å². The van der Waals surface area contributed by atoms with Crippen LogP contribution in [0.15, 0.2) is 18.2 Å². The number of nitrogens with zero attached hydrogens (tertiary/aromatic N) is 3. The molecule has 0 spiro atoms. The molecule has 0 bridgehead atoms. The fourth-order valence-corrected chi connectivity index (χ4v) is 3.33. The summed E-state index contributed by atoms with van der Waals surface area (Å²) in [5.74, 6) is 0.945. The zero-order chi connectivity index (χ0) is 14.3. The van der Waals surface area contributed by atoms with Gasteiger partial charge in [-0.1, -0.05) is 11.6 Å². The SMILES string of the molecule is CCn1c(-c2c(C)nsc2NC)nc2cc(Cl)ccc21. The van der Waals surface area contributed by atoms with Gasteiger partial charge in [-0.05, 0) is 43.6 Å². The second-order valence-electron chi connectivity index (χ2n) is 4.53. The Balaban J connectivity index is 2.33.